The van der Waals surface area contributed by atoms with Crippen LogP contribution in [-0.2, 0) is 4.79 Å². The molecule has 0 saturated heterocycles. The first kappa shape index (κ1) is 8.06. The van der Waals surface area contributed by atoms with Gasteiger partial charge in [-0.15, -0.1) is 10.2 Å². The lowest BCUT2D eigenvalue weighted by atomic mass is 10.5. The van der Waals surface area contributed by atoms with Crippen LogP contribution in [0.4, 0.5) is 0 Å². The molecule has 1 aromatic heterocycles. The molecule has 5 nitrogen and oxygen atoms in total. The molecule has 0 atom stereocenters. The largest absolute Gasteiger partial charge is 0.481 e. The van der Waals surface area contributed by atoms with Gasteiger partial charge in [0.2, 0.25) is 0 Å². The average Bonchev–Trinajstić information content (AvgIpc) is 2.39. The fraction of sp³-hybridized carbons (Fsp3) is 0.200. The van der Waals surface area contributed by atoms with E-state index in [2.05, 4.69) is 15.2 Å². The molecule has 11 heavy (non-hydrogen) atoms. The zero-order valence-electron chi connectivity index (χ0n) is 5.52. The van der Waals surface area contributed by atoms with Gasteiger partial charge in [0, 0.05) is 5.75 Å². The molecule has 0 aromatic carbocycles. The summed E-state index contributed by atoms with van der Waals surface area (Å²) >= 11 is 1.22. The molecule has 0 amide bonds. The van der Waals surface area contributed by atoms with Crippen molar-refractivity contribution in [3.8, 4) is 0 Å². The quantitative estimate of drug-likeness (QED) is 0.648. The van der Waals surface area contributed by atoms with Crippen LogP contribution in [0, 0.1) is 5.75 Å². The Labute approximate surface area is 67.2 Å². The lowest BCUT2D eigenvalue weighted by molar-refractivity contribution is -0.136. The van der Waals surface area contributed by atoms with Crippen molar-refractivity contribution in [1.29, 1.82) is 0 Å². The second-order valence-electron chi connectivity index (χ2n) is 1.68. The van der Waals surface area contributed by atoms with Crippen molar-refractivity contribution in [3.63, 3.8) is 0 Å². The van der Waals surface area contributed by atoms with Crippen molar-refractivity contribution in [2.75, 3.05) is 0 Å². The van der Waals surface area contributed by atoms with Gasteiger partial charge >= 0.3 is 5.97 Å². The van der Waals surface area contributed by atoms with Gasteiger partial charge in [-0.05, 0) is 0 Å². The summed E-state index contributed by atoms with van der Waals surface area (Å²) in [5.41, 5.74) is 0. The number of nitrogens with one attached hydrogen (secondary N) is 1. The summed E-state index contributed by atoms with van der Waals surface area (Å²) < 4.78 is 0. The third kappa shape index (κ3) is 3.03. The van der Waals surface area contributed by atoms with Crippen LogP contribution in [0.3, 0.4) is 0 Å². The van der Waals surface area contributed by atoms with Gasteiger partial charge in [0.15, 0.2) is 5.16 Å². The van der Waals surface area contributed by atoms with E-state index in [1.807, 2.05) is 0 Å². The first-order valence-electron chi connectivity index (χ1n) is 2.85. The molecule has 0 saturated carbocycles. The van der Waals surface area contributed by atoms with Crippen molar-refractivity contribution >= 4 is 17.7 Å². The molecule has 1 aromatic rings. The van der Waals surface area contributed by atoms with Crippen molar-refractivity contribution in [2.24, 2.45) is 0 Å². The Morgan fingerprint density at radius 3 is 3.27 bits per heavy atom. The Bertz CT molecular complexity index is 224. The van der Waals surface area contributed by atoms with Gasteiger partial charge in [0.25, 0.3) is 0 Å². The van der Waals surface area contributed by atoms with Gasteiger partial charge in [0.05, 0.1) is 6.42 Å². The number of rotatable bonds is 4. The zero-order valence-corrected chi connectivity index (χ0v) is 6.34. The number of carboxylic acids is 1. The molecule has 59 valence electrons. The molecule has 6 heteroatoms. The smallest absolute Gasteiger partial charge is 0.304 e. The molecule has 1 rings (SSSR count). The van der Waals surface area contributed by atoms with Crippen LogP contribution in [0.15, 0.2) is 11.5 Å². The first-order valence-corrected chi connectivity index (χ1v) is 3.73. The predicted octanol–water partition coefficient (Wildman–Crippen LogP) is 0.533. The van der Waals surface area contributed by atoms with Gasteiger partial charge in [0.1, 0.15) is 6.33 Å². The van der Waals surface area contributed by atoms with Crippen LogP contribution in [-0.4, -0.2) is 26.3 Å². The van der Waals surface area contributed by atoms with Crippen LogP contribution >= 0.6 is 11.8 Å². The molecule has 0 fully saturated rings. The topological polar surface area (TPSA) is 78.9 Å². The lowest BCUT2D eigenvalue weighted by Crippen LogP contribution is -1.92. The molecule has 2 N–H and O–H groups in total. The molecule has 0 aliphatic rings. The zero-order chi connectivity index (χ0) is 8.10. The van der Waals surface area contributed by atoms with Gasteiger partial charge in [-0.3, -0.25) is 4.79 Å². The Morgan fingerprint density at radius 1 is 1.91 bits per heavy atom. The maximum absolute atomic E-state index is 10.0. The number of carboxylic acid groups (broad SMARTS) is 1. The van der Waals surface area contributed by atoms with E-state index in [1.165, 1.54) is 18.1 Å². The fourth-order valence-electron chi connectivity index (χ4n) is 0.444. The summed E-state index contributed by atoms with van der Waals surface area (Å²) in [4.78, 5) is 12.8. The Balaban J connectivity index is 2.19. The summed E-state index contributed by atoms with van der Waals surface area (Å²) in [5, 5.41) is 16.0. The maximum Gasteiger partial charge on any atom is 0.304 e. The van der Waals surface area contributed by atoms with E-state index in [0.29, 0.717) is 5.16 Å². The number of aromatic amines is 1. The van der Waals surface area contributed by atoms with Crippen LogP contribution in [0.5, 0.6) is 0 Å². The Hall–Kier alpha value is -1.04. The summed E-state index contributed by atoms with van der Waals surface area (Å²) in [7, 11) is 0. The van der Waals surface area contributed by atoms with Gasteiger partial charge < -0.3 is 10.1 Å². The summed E-state index contributed by atoms with van der Waals surface area (Å²) in [6.07, 6.45) is 1.46. The Morgan fingerprint density at radius 2 is 2.73 bits per heavy atom. The monoisotopic (exact) mass is 172 g/mol. The third-order valence-electron chi connectivity index (χ3n) is 0.847. The number of nitrogens with zero attached hydrogens (tertiary/aromatic N) is 2. The number of H-pyrrole nitrogens is 1. The molecule has 1 heterocycles. The van der Waals surface area contributed by atoms with Crippen molar-refractivity contribution in [2.45, 2.75) is 11.6 Å². The van der Waals surface area contributed by atoms with Crippen molar-refractivity contribution in [1.82, 2.24) is 15.2 Å². The summed E-state index contributed by atoms with van der Waals surface area (Å²) in [5.74, 6) is 0.695. The van der Waals surface area contributed by atoms with Crippen LogP contribution in [0.25, 0.3) is 0 Å². The third-order valence-corrected chi connectivity index (χ3v) is 1.60. The minimum Gasteiger partial charge on any atom is -0.481 e. The second-order valence-corrected chi connectivity index (χ2v) is 2.63. The average molecular weight is 172 g/mol. The summed E-state index contributed by atoms with van der Waals surface area (Å²) in [6.45, 7) is 0. The van der Waals surface area contributed by atoms with E-state index in [0.717, 1.165) is 0 Å². The first-order chi connectivity index (χ1) is 5.29. The predicted molar refractivity (Wildman–Crippen MR) is 38.8 cm³/mol. The number of carbonyl (C=O) groups is 1. The van der Waals surface area contributed by atoms with Crippen LogP contribution in [0.2, 0.25) is 0 Å². The van der Waals surface area contributed by atoms with E-state index >= 15 is 0 Å². The Kier molecular flexibility index (Phi) is 2.91. The maximum atomic E-state index is 10.0. The van der Waals surface area contributed by atoms with Crippen molar-refractivity contribution in [3.05, 3.63) is 12.1 Å². The van der Waals surface area contributed by atoms with E-state index < -0.39 is 5.97 Å². The normalized spacial score (nSPS) is 9.82. The van der Waals surface area contributed by atoms with Gasteiger partial charge in [-0.25, -0.2) is 0 Å². The number of thioether (sulfide) groups is 1. The molecule has 0 aliphatic heterocycles. The van der Waals surface area contributed by atoms with E-state index in [1.54, 1.807) is 5.75 Å². The standard InChI is InChI=1S/C5H6N3O2S/c9-4(10)1-2-11-5-6-3-7-8-5/h2-3H,1H2,(H,9,10)(H,6,7,8). The minimum absolute atomic E-state index is 0.0192. The number of aromatic nitrogens is 3. The SMILES string of the molecule is O=C(O)C[CH]Sc1nnc[nH]1. The lowest BCUT2D eigenvalue weighted by Gasteiger charge is -1.90. The van der Waals surface area contributed by atoms with E-state index in [-0.39, 0.29) is 6.42 Å². The highest BCUT2D eigenvalue weighted by molar-refractivity contribution is 8.01. The second kappa shape index (κ2) is 3.97. The molecule has 1 radical (unpaired) electrons. The molecule has 0 bridgehead atoms. The molecular formula is C5H6N3O2S. The van der Waals surface area contributed by atoms with Gasteiger partial charge in [-0.2, -0.15) is 0 Å². The van der Waals surface area contributed by atoms with Crippen molar-refractivity contribution < 1.29 is 9.90 Å². The molecule has 0 aliphatic carbocycles. The fourth-order valence-corrected chi connectivity index (χ4v) is 1.04. The highest BCUT2D eigenvalue weighted by Gasteiger charge is 2.00. The highest BCUT2D eigenvalue weighted by Crippen LogP contribution is 2.15. The number of hydrogen-bond acceptors (Lipinski definition) is 4. The molecule has 0 unspecified atom stereocenters. The molecular weight excluding hydrogens is 166 g/mol. The van der Waals surface area contributed by atoms with E-state index in [9.17, 15) is 4.79 Å². The minimum atomic E-state index is -0.850. The molecule has 0 spiro atoms. The van der Waals surface area contributed by atoms with Gasteiger partial charge in [-0.1, -0.05) is 11.8 Å². The van der Waals surface area contributed by atoms with Crippen LogP contribution in [0.1, 0.15) is 6.42 Å². The highest BCUT2D eigenvalue weighted by atomic mass is 32.2. The summed E-state index contributed by atoms with van der Waals surface area (Å²) in [6, 6.07) is 0. The number of hydrogen-bond donors (Lipinski definition) is 2. The number of aliphatic carboxylic acids is 1. The van der Waals surface area contributed by atoms with E-state index in [4.69, 9.17) is 5.11 Å². The van der Waals surface area contributed by atoms with Crippen LogP contribution < -0.4 is 0 Å².